The molecule has 0 unspecified atom stereocenters. The van der Waals surface area contributed by atoms with Crippen LogP contribution < -0.4 is 10.1 Å². The maximum Gasteiger partial charge on any atom is 0.245 e. The zero-order valence-electron chi connectivity index (χ0n) is 10.4. The molecule has 0 aliphatic carbocycles. The number of nitrogens with zero attached hydrogens (tertiary/aromatic N) is 1. The van der Waals surface area contributed by atoms with Crippen molar-refractivity contribution in [2.45, 2.75) is 20.4 Å². The summed E-state index contributed by atoms with van der Waals surface area (Å²) in [6.45, 7) is 4.36. The van der Waals surface area contributed by atoms with Gasteiger partial charge in [-0.2, -0.15) is 0 Å². The number of aromatic nitrogens is 1. The van der Waals surface area contributed by atoms with Crippen molar-refractivity contribution in [1.29, 1.82) is 0 Å². The molecule has 0 radical (unpaired) electrons. The van der Waals surface area contributed by atoms with E-state index in [1.165, 1.54) is 0 Å². The highest BCUT2D eigenvalue weighted by Gasteiger charge is 2.07. The third-order valence-electron chi connectivity index (χ3n) is 2.05. The largest absolute Gasteiger partial charge is 0.476 e. The van der Waals surface area contributed by atoms with E-state index in [0.29, 0.717) is 23.4 Å². The minimum Gasteiger partial charge on any atom is -0.476 e. The Hall–Kier alpha value is -1.33. The standard InChI is InChI=1S/C12H17ClN2O3/c1-8(2)7-18-12-10(13)3-9(5-15-12)4-14-11(17)6-16/h3,5,8,16H,4,6-7H2,1-2H3,(H,14,17). The van der Waals surface area contributed by atoms with Crippen molar-refractivity contribution >= 4 is 17.5 Å². The zero-order chi connectivity index (χ0) is 13.5. The lowest BCUT2D eigenvalue weighted by Gasteiger charge is -2.10. The van der Waals surface area contributed by atoms with Crippen molar-refractivity contribution < 1.29 is 14.6 Å². The van der Waals surface area contributed by atoms with Gasteiger partial charge in [-0.25, -0.2) is 4.98 Å². The Morgan fingerprint density at radius 1 is 1.61 bits per heavy atom. The summed E-state index contributed by atoms with van der Waals surface area (Å²) < 4.78 is 5.43. The number of aliphatic hydroxyl groups is 1. The molecule has 5 nitrogen and oxygen atoms in total. The number of hydrogen-bond acceptors (Lipinski definition) is 4. The molecule has 0 fully saturated rings. The Morgan fingerprint density at radius 2 is 2.33 bits per heavy atom. The summed E-state index contributed by atoms with van der Waals surface area (Å²) in [7, 11) is 0. The van der Waals surface area contributed by atoms with E-state index in [2.05, 4.69) is 10.3 Å². The number of pyridine rings is 1. The predicted octanol–water partition coefficient (Wildman–Crippen LogP) is 1.38. The van der Waals surface area contributed by atoms with Crippen LogP contribution in [0.15, 0.2) is 12.3 Å². The molecule has 0 saturated heterocycles. The molecule has 1 aromatic heterocycles. The van der Waals surface area contributed by atoms with Crippen molar-refractivity contribution in [1.82, 2.24) is 10.3 Å². The van der Waals surface area contributed by atoms with Crippen LogP contribution in [0.25, 0.3) is 0 Å². The Balaban J connectivity index is 2.58. The van der Waals surface area contributed by atoms with Gasteiger partial charge in [-0.1, -0.05) is 25.4 Å². The van der Waals surface area contributed by atoms with Gasteiger partial charge in [0.2, 0.25) is 11.8 Å². The molecule has 1 rings (SSSR count). The zero-order valence-corrected chi connectivity index (χ0v) is 11.2. The molecule has 0 spiro atoms. The number of rotatable bonds is 6. The smallest absolute Gasteiger partial charge is 0.245 e. The molecule has 1 aromatic rings. The molecule has 100 valence electrons. The van der Waals surface area contributed by atoms with E-state index in [-0.39, 0.29) is 6.54 Å². The van der Waals surface area contributed by atoms with Crippen LogP contribution in [0.3, 0.4) is 0 Å². The third-order valence-corrected chi connectivity index (χ3v) is 2.32. The van der Waals surface area contributed by atoms with Gasteiger partial charge >= 0.3 is 0 Å². The van der Waals surface area contributed by atoms with Gasteiger partial charge in [-0.3, -0.25) is 4.79 Å². The second-order valence-electron chi connectivity index (χ2n) is 4.27. The summed E-state index contributed by atoms with van der Waals surface area (Å²) in [5, 5.41) is 11.5. The number of nitrogens with one attached hydrogen (secondary N) is 1. The fraction of sp³-hybridized carbons (Fsp3) is 0.500. The predicted molar refractivity (Wildman–Crippen MR) is 68.5 cm³/mol. The van der Waals surface area contributed by atoms with E-state index in [9.17, 15) is 4.79 Å². The number of ether oxygens (including phenoxy) is 1. The molecule has 1 heterocycles. The van der Waals surface area contributed by atoms with Gasteiger partial charge in [0, 0.05) is 12.7 Å². The van der Waals surface area contributed by atoms with Crippen LogP contribution in [0.1, 0.15) is 19.4 Å². The maximum atomic E-state index is 10.9. The lowest BCUT2D eigenvalue weighted by Crippen LogP contribution is -2.25. The van der Waals surface area contributed by atoms with Gasteiger partial charge < -0.3 is 15.2 Å². The van der Waals surface area contributed by atoms with Crippen LogP contribution in [0.5, 0.6) is 5.88 Å². The van der Waals surface area contributed by atoms with Gasteiger partial charge in [0.15, 0.2) is 0 Å². The van der Waals surface area contributed by atoms with Crippen LogP contribution in [0, 0.1) is 5.92 Å². The number of carbonyl (C=O) groups is 1. The number of halogens is 1. The maximum absolute atomic E-state index is 10.9. The lowest BCUT2D eigenvalue weighted by molar-refractivity contribution is -0.123. The summed E-state index contributed by atoms with van der Waals surface area (Å²) in [5.41, 5.74) is 0.749. The third kappa shape index (κ3) is 4.89. The molecular weight excluding hydrogens is 256 g/mol. The highest BCUT2D eigenvalue weighted by Crippen LogP contribution is 2.22. The van der Waals surface area contributed by atoms with Gasteiger partial charge in [-0.15, -0.1) is 0 Å². The highest BCUT2D eigenvalue weighted by atomic mass is 35.5. The first-order valence-corrected chi connectivity index (χ1v) is 6.05. The first-order chi connectivity index (χ1) is 8.52. The fourth-order valence-corrected chi connectivity index (χ4v) is 1.41. The summed E-state index contributed by atoms with van der Waals surface area (Å²) in [5.74, 6) is 0.347. The summed E-state index contributed by atoms with van der Waals surface area (Å²) in [6.07, 6.45) is 1.58. The average molecular weight is 273 g/mol. The Morgan fingerprint density at radius 3 is 2.89 bits per heavy atom. The number of hydrogen-bond donors (Lipinski definition) is 2. The molecule has 0 aliphatic heterocycles. The molecule has 0 saturated carbocycles. The number of amides is 1. The molecule has 0 atom stereocenters. The molecule has 2 N–H and O–H groups in total. The van der Waals surface area contributed by atoms with Crippen LogP contribution in [0.4, 0.5) is 0 Å². The molecule has 1 amide bonds. The second-order valence-corrected chi connectivity index (χ2v) is 4.68. The normalized spacial score (nSPS) is 10.5. The molecule has 0 aliphatic rings. The summed E-state index contributed by atoms with van der Waals surface area (Å²) in [6, 6.07) is 1.68. The highest BCUT2D eigenvalue weighted by molar-refractivity contribution is 6.31. The van der Waals surface area contributed by atoms with Crippen molar-refractivity contribution in [3.05, 3.63) is 22.8 Å². The van der Waals surface area contributed by atoms with Crippen LogP contribution in [-0.2, 0) is 11.3 Å². The van der Waals surface area contributed by atoms with E-state index < -0.39 is 12.5 Å². The van der Waals surface area contributed by atoms with Gasteiger partial charge in [0.1, 0.15) is 11.6 Å². The van der Waals surface area contributed by atoms with Crippen LogP contribution in [-0.4, -0.2) is 29.2 Å². The van der Waals surface area contributed by atoms with E-state index in [0.717, 1.165) is 5.56 Å². The van der Waals surface area contributed by atoms with Crippen molar-refractivity contribution in [3.63, 3.8) is 0 Å². The Labute approximate surface area is 111 Å². The second kappa shape index (κ2) is 7.18. The van der Waals surface area contributed by atoms with E-state index in [1.54, 1.807) is 12.3 Å². The average Bonchev–Trinajstić information content (AvgIpc) is 2.34. The summed E-state index contributed by atoms with van der Waals surface area (Å²) in [4.78, 5) is 15.0. The lowest BCUT2D eigenvalue weighted by atomic mass is 10.2. The number of carbonyl (C=O) groups excluding carboxylic acids is 1. The van der Waals surface area contributed by atoms with Gasteiger partial charge in [-0.05, 0) is 17.5 Å². The van der Waals surface area contributed by atoms with Gasteiger partial charge in [0.05, 0.1) is 6.61 Å². The van der Waals surface area contributed by atoms with Crippen molar-refractivity contribution in [2.75, 3.05) is 13.2 Å². The SMILES string of the molecule is CC(C)COc1ncc(CNC(=O)CO)cc1Cl. The Bertz CT molecular complexity index is 410. The molecular formula is C12H17ClN2O3. The minimum absolute atomic E-state index is 0.274. The van der Waals surface area contributed by atoms with Crippen molar-refractivity contribution in [3.8, 4) is 5.88 Å². The van der Waals surface area contributed by atoms with Crippen LogP contribution in [0.2, 0.25) is 5.02 Å². The Kier molecular flexibility index (Phi) is 5.88. The van der Waals surface area contributed by atoms with E-state index in [4.69, 9.17) is 21.4 Å². The minimum atomic E-state index is -0.531. The first-order valence-electron chi connectivity index (χ1n) is 5.67. The molecule has 18 heavy (non-hydrogen) atoms. The summed E-state index contributed by atoms with van der Waals surface area (Å²) >= 11 is 6.01. The fourth-order valence-electron chi connectivity index (χ4n) is 1.17. The topological polar surface area (TPSA) is 71.5 Å². The van der Waals surface area contributed by atoms with E-state index >= 15 is 0 Å². The number of aliphatic hydroxyl groups excluding tert-OH is 1. The molecule has 0 bridgehead atoms. The van der Waals surface area contributed by atoms with Gasteiger partial charge in [0.25, 0.3) is 0 Å². The van der Waals surface area contributed by atoms with Crippen molar-refractivity contribution in [2.24, 2.45) is 5.92 Å². The molecule has 0 aromatic carbocycles. The van der Waals surface area contributed by atoms with Crippen LogP contribution >= 0.6 is 11.6 Å². The molecule has 6 heteroatoms. The van der Waals surface area contributed by atoms with E-state index in [1.807, 2.05) is 13.8 Å². The quantitative estimate of drug-likeness (QED) is 0.821. The monoisotopic (exact) mass is 272 g/mol. The first kappa shape index (κ1) is 14.7.